The van der Waals surface area contributed by atoms with E-state index in [1.807, 2.05) is 0 Å². The molecule has 4 N–H and O–H groups in total. The molecule has 0 aliphatic carbocycles. The number of allylic oxidation sites excluding steroid dienone is 24. The van der Waals surface area contributed by atoms with Crippen molar-refractivity contribution in [1.82, 2.24) is 0 Å². The normalized spacial score (nSPS) is 14.7. The number of phosphoric acid groups is 2. The molecule has 0 aliphatic rings. The minimum absolute atomic E-state index is 0.0812. The van der Waals surface area contributed by atoms with Gasteiger partial charge in [0, 0.05) is 19.3 Å². The molecular weight excluding hydrogens is 1340 g/mol. The Bertz CT molecular complexity index is 2450. The number of carbonyl (C=O) groups is 3. The Balaban J connectivity index is 4.53. The smallest absolute Gasteiger partial charge is 0.463 e. The summed E-state index contributed by atoms with van der Waals surface area (Å²) in [7, 11) is -9.80. The number of phosphoric ester groups is 2. The van der Waals surface area contributed by atoms with Gasteiger partial charge in [0.25, 0.3) is 0 Å². The first-order chi connectivity index (χ1) is 50.2. The summed E-state index contributed by atoms with van der Waals surface area (Å²) in [6, 6.07) is 0. The molecule has 0 radical (unpaired) electrons. The largest absolute Gasteiger partial charge is 0.472 e. The summed E-state index contributed by atoms with van der Waals surface area (Å²) < 4.78 is 61.1. The Morgan fingerprint density at radius 3 is 0.816 bits per heavy atom. The van der Waals surface area contributed by atoms with Crippen LogP contribution < -0.4 is 0 Å². The van der Waals surface area contributed by atoms with Crippen molar-refractivity contribution >= 4 is 33.6 Å². The number of aliphatic hydroxyl groups is 2. The first-order valence-electron chi connectivity index (χ1n) is 40.1. The molecule has 0 aromatic heterocycles. The lowest BCUT2D eigenvalue weighted by Crippen LogP contribution is -2.30. The first-order valence-corrected chi connectivity index (χ1v) is 43.1. The highest BCUT2D eigenvalue weighted by Crippen LogP contribution is 2.45. The Morgan fingerprint density at radius 2 is 0.515 bits per heavy atom. The van der Waals surface area contributed by atoms with Crippen LogP contribution in [0.25, 0.3) is 0 Å². The Labute approximate surface area is 626 Å². The van der Waals surface area contributed by atoms with Gasteiger partial charge in [-0.1, -0.05) is 295 Å². The minimum atomic E-state index is -4.94. The second kappa shape index (κ2) is 77.1. The average Bonchev–Trinajstić information content (AvgIpc) is 0.922. The second-order valence-electron chi connectivity index (χ2n) is 26.5. The van der Waals surface area contributed by atoms with Gasteiger partial charge in [-0.25, -0.2) is 9.13 Å². The molecule has 18 heteroatoms. The number of hydrogen-bond acceptors (Lipinski definition) is 14. The highest BCUT2D eigenvalue weighted by molar-refractivity contribution is 7.47. The van der Waals surface area contributed by atoms with Crippen molar-refractivity contribution in [2.45, 2.75) is 334 Å². The molecule has 16 nitrogen and oxygen atoms in total. The molecule has 0 fully saturated rings. The van der Waals surface area contributed by atoms with Crippen molar-refractivity contribution in [1.29, 1.82) is 0 Å². The van der Waals surface area contributed by atoms with Crippen LogP contribution in [0.15, 0.2) is 146 Å². The summed E-state index contributed by atoms with van der Waals surface area (Å²) in [5.74, 6) is -1.61. The number of aliphatic hydroxyl groups excluding tert-OH is 2. The van der Waals surface area contributed by atoms with Gasteiger partial charge in [0.15, 0.2) is 6.10 Å². The quantitative estimate of drug-likeness (QED) is 0.0146. The van der Waals surface area contributed by atoms with Crippen molar-refractivity contribution in [3.63, 3.8) is 0 Å². The fourth-order valence-corrected chi connectivity index (χ4v) is 12.0. The van der Waals surface area contributed by atoms with Crippen LogP contribution in [0.2, 0.25) is 0 Å². The predicted molar refractivity (Wildman–Crippen MR) is 426 cm³/mol. The van der Waals surface area contributed by atoms with Crippen LogP contribution in [0, 0.1) is 0 Å². The average molecular weight is 1480 g/mol. The molecule has 0 spiro atoms. The van der Waals surface area contributed by atoms with E-state index < -0.39 is 91.5 Å². The van der Waals surface area contributed by atoms with Crippen LogP contribution in [0.5, 0.6) is 0 Å². The van der Waals surface area contributed by atoms with E-state index in [1.165, 1.54) is 96.3 Å². The number of hydrogen-bond donors (Lipinski definition) is 4. The van der Waals surface area contributed by atoms with E-state index in [2.05, 4.69) is 167 Å². The predicted octanol–water partition coefficient (Wildman–Crippen LogP) is 23.7. The maximum absolute atomic E-state index is 13.0. The van der Waals surface area contributed by atoms with E-state index in [-0.39, 0.29) is 19.3 Å². The highest BCUT2D eigenvalue weighted by Gasteiger charge is 2.29. The number of unbranched alkanes of at least 4 members (excludes halogenated alkanes) is 28. The maximum Gasteiger partial charge on any atom is 0.472 e. The molecule has 0 saturated carbocycles. The van der Waals surface area contributed by atoms with Crippen LogP contribution >= 0.6 is 15.6 Å². The number of ether oxygens (including phenoxy) is 3. The van der Waals surface area contributed by atoms with Crippen molar-refractivity contribution < 1.29 is 75.8 Å². The molecule has 5 atom stereocenters. The van der Waals surface area contributed by atoms with Gasteiger partial charge < -0.3 is 34.2 Å². The van der Waals surface area contributed by atoms with E-state index >= 15 is 0 Å². The van der Waals surface area contributed by atoms with Crippen molar-refractivity contribution in [2.24, 2.45) is 0 Å². The fraction of sp³-hybridized carbons (Fsp3) is 0.682. The monoisotopic (exact) mass is 1480 g/mol. The lowest BCUT2D eigenvalue weighted by Gasteiger charge is -2.21. The Morgan fingerprint density at radius 1 is 0.282 bits per heavy atom. The molecular formula is C85H144O16P2. The number of esters is 3. The van der Waals surface area contributed by atoms with Crippen molar-refractivity contribution in [3.05, 3.63) is 146 Å². The molecule has 0 aromatic rings. The van der Waals surface area contributed by atoms with Crippen molar-refractivity contribution in [3.8, 4) is 0 Å². The van der Waals surface area contributed by atoms with E-state index in [9.17, 15) is 43.5 Å². The van der Waals surface area contributed by atoms with Crippen LogP contribution in [0.1, 0.15) is 316 Å². The zero-order valence-corrected chi connectivity index (χ0v) is 66.2. The molecule has 0 saturated heterocycles. The van der Waals surface area contributed by atoms with Gasteiger partial charge in [-0.15, -0.1) is 0 Å². The minimum Gasteiger partial charge on any atom is -0.463 e. The van der Waals surface area contributed by atoms with Crippen LogP contribution in [0.4, 0.5) is 0 Å². The zero-order valence-electron chi connectivity index (χ0n) is 64.4. The molecule has 0 aromatic carbocycles. The number of carbonyl (C=O) groups excluding carboxylic acids is 3. The Kier molecular flexibility index (Phi) is 73.6. The third kappa shape index (κ3) is 78.3. The first kappa shape index (κ1) is 98.4. The molecule has 0 aliphatic heterocycles. The van der Waals surface area contributed by atoms with Crippen LogP contribution in [0.3, 0.4) is 0 Å². The van der Waals surface area contributed by atoms with Crippen LogP contribution in [-0.4, -0.2) is 95.9 Å². The van der Waals surface area contributed by atoms with Crippen LogP contribution in [-0.2, 0) is 55.8 Å². The van der Waals surface area contributed by atoms with Gasteiger partial charge in [-0.2, -0.15) is 0 Å². The third-order valence-electron chi connectivity index (χ3n) is 16.5. The maximum atomic E-state index is 13.0. The molecule has 0 amide bonds. The summed E-state index contributed by atoms with van der Waals surface area (Å²) in [6.45, 7) is 2.48. The van der Waals surface area contributed by atoms with Crippen molar-refractivity contribution in [2.75, 3.05) is 39.6 Å². The summed E-state index contributed by atoms with van der Waals surface area (Å²) in [5, 5.41) is 20.6. The number of rotatable bonds is 75. The fourth-order valence-electron chi connectivity index (χ4n) is 10.4. The van der Waals surface area contributed by atoms with Gasteiger partial charge >= 0.3 is 33.6 Å². The summed E-state index contributed by atoms with van der Waals surface area (Å²) in [6.07, 6.45) is 94.6. The molecule has 0 rings (SSSR count). The van der Waals surface area contributed by atoms with E-state index in [1.54, 1.807) is 0 Å². The highest BCUT2D eigenvalue weighted by atomic mass is 31.2. The lowest BCUT2D eigenvalue weighted by molar-refractivity contribution is -0.161. The van der Waals surface area contributed by atoms with Gasteiger partial charge in [0.1, 0.15) is 25.4 Å². The third-order valence-corrected chi connectivity index (χ3v) is 18.4. The van der Waals surface area contributed by atoms with Gasteiger partial charge in [0.05, 0.1) is 26.4 Å². The Hall–Kier alpha value is -4.57. The van der Waals surface area contributed by atoms with E-state index in [0.29, 0.717) is 19.3 Å². The molecule has 590 valence electrons. The summed E-state index contributed by atoms with van der Waals surface area (Å²) in [5.41, 5.74) is 0. The zero-order chi connectivity index (χ0) is 75.2. The van der Waals surface area contributed by atoms with E-state index in [0.717, 1.165) is 161 Å². The van der Waals surface area contributed by atoms with E-state index in [4.69, 9.17) is 32.3 Å². The molecule has 0 heterocycles. The summed E-state index contributed by atoms with van der Waals surface area (Å²) in [4.78, 5) is 58.7. The van der Waals surface area contributed by atoms with Gasteiger partial charge in [0.2, 0.25) is 0 Å². The molecule has 103 heavy (non-hydrogen) atoms. The lowest BCUT2D eigenvalue weighted by atomic mass is 10.0. The topological polar surface area (TPSA) is 231 Å². The van der Waals surface area contributed by atoms with Gasteiger partial charge in [-0.05, 0) is 148 Å². The molecule has 5 unspecified atom stereocenters. The summed E-state index contributed by atoms with van der Waals surface area (Å²) >= 11 is 0. The van der Waals surface area contributed by atoms with Gasteiger partial charge in [-0.3, -0.25) is 32.5 Å². The SMILES string of the molecule is CC/C=C\C/C=C\C/C=C\C/C=C\C/C=C\C/C=C\CCCCCCCCCCCCCCC(=O)OCC(O)COP(=O)(O)OCC(O)COP(=O)(O)OCC(COC(=O)CCCCCCC/C=C\C/C=C\C/C=C\C/C=C\CCCCC)OC(=O)CCCCCCC/C=C\C/C=C\CCCCC. The molecule has 0 bridgehead atoms. The standard InChI is InChI=1S/C85H144O16P2/c1-4-7-10-13-16-19-22-25-28-30-32-34-35-36-37-38-39-40-41-42-43-45-47-48-51-53-56-59-62-65-68-71-83(88)95-74-80(86)75-97-102(91,92)98-76-81(87)77-99-103(93,94)100-79-82(101-85(90)73-70-67-64-61-58-55-50-27-24-21-18-15-12-9-6-3)78-96-84(89)72-69-66-63-60-57-54-52-49-46-44-33-31-29-26-23-20-17-14-11-8-5-2/h7,10,16-21,25-29,32-34,36-37,39-40,44,49-50,52,80-82,86-87H,4-6,8-9,11-15,22-24,30-31,35,38,41-43,45-48,51,53-79H2,1-3H3,(H,91,92)(H,93,94)/b10-7-,19-16-,20-17-,21-18-,28-25-,29-26-,34-32-,37-36-,40-39-,44-33-,50-27-,52-49-. The second-order valence-corrected chi connectivity index (χ2v) is 29.4.